The maximum Gasteiger partial charge on any atom is 0.161 e. The van der Waals surface area contributed by atoms with Crippen molar-refractivity contribution in [2.45, 2.75) is 44.6 Å². The zero-order valence-corrected chi connectivity index (χ0v) is 13.0. The third kappa shape index (κ3) is 4.41. The summed E-state index contributed by atoms with van der Waals surface area (Å²) in [5, 5.41) is 0. The van der Waals surface area contributed by atoms with Crippen molar-refractivity contribution in [3.63, 3.8) is 0 Å². The summed E-state index contributed by atoms with van der Waals surface area (Å²) in [6, 6.07) is 6.35. The second-order valence-electron chi connectivity index (χ2n) is 5.92. The molecule has 0 aliphatic heterocycles. The van der Waals surface area contributed by atoms with Crippen LogP contribution in [0.15, 0.2) is 18.2 Å². The lowest BCUT2D eigenvalue weighted by Gasteiger charge is -2.17. The van der Waals surface area contributed by atoms with Crippen LogP contribution in [0.2, 0.25) is 0 Å². The van der Waals surface area contributed by atoms with Crippen LogP contribution < -0.4 is 9.47 Å². The molecule has 0 aromatic heterocycles. The van der Waals surface area contributed by atoms with Crippen LogP contribution in [0, 0.1) is 0 Å². The zero-order valence-electron chi connectivity index (χ0n) is 13.0. The van der Waals surface area contributed by atoms with Gasteiger partial charge in [0.1, 0.15) is 0 Å². The first kappa shape index (κ1) is 15.2. The van der Waals surface area contributed by atoms with Crippen molar-refractivity contribution in [2.24, 2.45) is 0 Å². The van der Waals surface area contributed by atoms with E-state index in [0.29, 0.717) is 6.10 Å². The van der Waals surface area contributed by atoms with Crippen LogP contribution in [0.4, 0.5) is 0 Å². The van der Waals surface area contributed by atoms with Crippen LogP contribution in [-0.4, -0.2) is 38.8 Å². The first-order valence-corrected chi connectivity index (χ1v) is 7.67. The molecule has 0 bridgehead atoms. The van der Waals surface area contributed by atoms with E-state index >= 15 is 0 Å². The second kappa shape index (κ2) is 7.53. The lowest BCUT2D eigenvalue weighted by molar-refractivity contribution is 0.200. The fourth-order valence-electron chi connectivity index (χ4n) is 2.75. The molecule has 1 aromatic carbocycles. The molecule has 1 aromatic rings. The Morgan fingerprint density at radius 3 is 2.55 bits per heavy atom. The van der Waals surface area contributed by atoms with Crippen molar-refractivity contribution >= 4 is 0 Å². The van der Waals surface area contributed by atoms with Gasteiger partial charge in [-0.25, -0.2) is 0 Å². The molecule has 1 aliphatic rings. The van der Waals surface area contributed by atoms with E-state index < -0.39 is 0 Å². The van der Waals surface area contributed by atoms with Gasteiger partial charge in [0, 0.05) is 0 Å². The van der Waals surface area contributed by atoms with Crippen LogP contribution in [0.5, 0.6) is 11.5 Å². The van der Waals surface area contributed by atoms with Gasteiger partial charge in [0.2, 0.25) is 0 Å². The van der Waals surface area contributed by atoms with Gasteiger partial charge in [-0.2, -0.15) is 0 Å². The molecule has 0 N–H and O–H groups in total. The van der Waals surface area contributed by atoms with Gasteiger partial charge in [0.25, 0.3) is 0 Å². The van der Waals surface area contributed by atoms with Crippen molar-refractivity contribution in [1.29, 1.82) is 0 Å². The lowest BCUT2D eigenvalue weighted by atomic mass is 10.1. The molecule has 0 heterocycles. The van der Waals surface area contributed by atoms with Crippen molar-refractivity contribution in [1.82, 2.24) is 4.90 Å². The summed E-state index contributed by atoms with van der Waals surface area (Å²) < 4.78 is 11.6. The van der Waals surface area contributed by atoms with E-state index in [1.807, 2.05) is 6.07 Å². The van der Waals surface area contributed by atoms with Gasteiger partial charge >= 0.3 is 0 Å². The summed E-state index contributed by atoms with van der Waals surface area (Å²) >= 11 is 0. The summed E-state index contributed by atoms with van der Waals surface area (Å²) in [4.78, 5) is 2.22. The first-order valence-electron chi connectivity index (χ1n) is 7.67. The number of hydrogen-bond acceptors (Lipinski definition) is 3. The Bertz CT molecular complexity index is 411. The number of ether oxygens (including phenoxy) is 2. The number of nitrogens with zero attached hydrogens (tertiary/aromatic N) is 1. The topological polar surface area (TPSA) is 21.7 Å². The predicted octanol–water partition coefficient (Wildman–Crippen LogP) is 3.51. The SMILES string of the molecule is COc1ccc(CCCN(C)C)cc1OC1CCCC1. The Morgan fingerprint density at radius 2 is 1.90 bits per heavy atom. The highest BCUT2D eigenvalue weighted by atomic mass is 16.5. The molecule has 0 amide bonds. The van der Waals surface area contributed by atoms with E-state index in [0.717, 1.165) is 24.5 Å². The van der Waals surface area contributed by atoms with Crippen LogP contribution in [0.1, 0.15) is 37.7 Å². The normalized spacial score (nSPS) is 15.8. The van der Waals surface area contributed by atoms with E-state index in [1.165, 1.54) is 37.7 Å². The maximum atomic E-state index is 6.13. The first-order chi connectivity index (χ1) is 9.69. The van der Waals surface area contributed by atoms with Crippen molar-refractivity contribution in [3.8, 4) is 11.5 Å². The average Bonchev–Trinajstić information content (AvgIpc) is 2.91. The summed E-state index contributed by atoms with van der Waals surface area (Å²) in [5.41, 5.74) is 1.33. The molecular formula is C17H27NO2. The van der Waals surface area contributed by atoms with E-state index in [4.69, 9.17) is 9.47 Å². The van der Waals surface area contributed by atoms with Gasteiger partial charge in [-0.05, 0) is 76.9 Å². The summed E-state index contributed by atoms with van der Waals surface area (Å²) in [7, 11) is 5.94. The minimum atomic E-state index is 0.376. The number of aryl methyl sites for hydroxylation is 1. The summed E-state index contributed by atoms with van der Waals surface area (Å²) in [5.74, 6) is 1.77. The Morgan fingerprint density at radius 1 is 1.15 bits per heavy atom. The number of hydrogen-bond donors (Lipinski definition) is 0. The Kier molecular flexibility index (Phi) is 5.72. The molecule has 112 valence electrons. The minimum absolute atomic E-state index is 0.376. The standard InChI is InChI=1S/C17H27NO2/c1-18(2)12-6-7-14-10-11-16(19-3)17(13-14)20-15-8-4-5-9-15/h10-11,13,15H,4-9,12H2,1-3H3. The minimum Gasteiger partial charge on any atom is -0.493 e. The molecule has 1 saturated carbocycles. The fraction of sp³-hybridized carbons (Fsp3) is 0.647. The van der Waals surface area contributed by atoms with Gasteiger partial charge in [0.05, 0.1) is 13.2 Å². The monoisotopic (exact) mass is 277 g/mol. The molecule has 3 nitrogen and oxygen atoms in total. The Balaban J connectivity index is 1.99. The maximum absolute atomic E-state index is 6.13. The largest absolute Gasteiger partial charge is 0.493 e. The Hall–Kier alpha value is -1.22. The van der Waals surface area contributed by atoms with Crippen molar-refractivity contribution in [3.05, 3.63) is 23.8 Å². The van der Waals surface area contributed by atoms with Gasteiger partial charge < -0.3 is 14.4 Å². The van der Waals surface area contributed by atoms with E-state index in [1.54, 1.807) is 7.11 Å². The zero-order chi connectivity index (χ0) is 14.4. The van der Waals surface area contributed by atoms with Gasteiger partial charge in [-0.3, -0.25) is 0 Å². The molecule has 2 rings (SSSR count). The Labute approximate surface area is 122 Å². The van der Waals surface area contributed by atoms with Crippen LogP contribution >= 0.6 is 0 Å². The molecule has 0 atom stereocenters. The molecule has 3 heteroatoms. The fourth-order valence-corrected chi connectivity index (χ4v) is 2.75. The molecule has 1 fully saturated rings. The molecule has 0 spiro atoms. The molecule has 0 saturated heterocycles. The van der Waals surface area contributed by atoms with Crippen molar-refractivity contribution in [2.75, 3.05) is 27.7 Å². The third-order valence-corrected chi connectivity index (χ3v) is 3.89. The third-order valence-electron chi connectivity index (χ3n) is 3.89. The van der Waals surface area contributed by atoms with Crippen LogP contribution in [-0.2, 0) is 6.42 Å². The van der Waals surface area contributed by atoms with Crippen molar-refractivity contribution < 1.29 is 9.47 Å². The average molecular weight is 277 g/mol. The van der Waals surface area contributed by atoms with Crippen LogP contribution in [0.25, 0.3) is 0 Å². The molecule has 20 heavy (non-hydrogen) atoms. The number of methoxy groups -OCH3 is 1. The van der Waals surface area contributed by atoms with Crippen LogP contribution in [0.3, 0.4) is 0 Å². The smallest absolute Gasteiger partial charge is 0.161 e. The van der Waals surface area contributed by atoms with Gasteiger partial charge in [0.15, 0.2) is 11.5 Å². The molecule has 1 aliphatic carbocycles. The number of rotatable bonds is 7. The summed E-state index contributed by atoms with van der Waals surface area (Å²) in [6.07, 6.45) is 7.55. The molecule has 0 unspecified atom stereocenters. The van der Waals surface area contributed by atoms with E-state index in [9.17, 15) is 0 Å². The number of benzene rings is 1. The molecule has 0 radical (unpaired) electrons. The second-order valence-corrected chi connectivity index (χ2v) is 5.92. The van der Waals surface area contributed by atoms with E-state index in [-0.39, 0.29) is 0 Å². The highest BCUT2D eigenvalue weighted by Crippen LogP contribution is 2.32. The van der Waals surface area contributed by atoms with Gasteiger partial charge in [-0.1, -0.05) is 6.07 Å². The summed E-state index contributed by atoms with van der Waals surface area (Å²) in [6.45, 7) is 1.12. The quantitative estimate of drug-likeness (QED) is 0.761. The molecular weight excluding hydrogens is 250 g/mol. The highest BCUT2D eigenvalue weighted by Gasteiger charge is 2.18. The highest BCUT2D eigenvalue weighted by molar-refractivity contribution is 5.43. The van der Waals surface area contributed by atoms with E-state index in [2.05, 4.69) is 31.1 Å². The van der Waals surface area contributed by atoms with Gasteiger partial charge in [-0.15, -0.1) is 0 Å². The lowest BCUT2D eigenvalue weighted by Crippen LogP contribution is -2.14. The predicted molar refractivity (Wildman–Crippen MR) is 82.8 cm³/mol.